The molecule has 0 aliphatic rings. The summed E-state index contributed by atoms with van der Waals surface area (Å²) in [6, 6.07) is 0. The molecular weight excluding hydrogens is 143 g/mol. The molecule has 4 heteroatoms. The molecule has 0 heterocycles. The van der Waals surface area contributed by atoms with Crippen LogP contribution in [0.4, 0.5) is 4.39 Å². The lowest BCUT2D eigenvalue weighted by atomic mass is 10.6. The smallest absolute Gasteiger partial charge is 0.207 e. The second kappa shape index (κ2) is 2.47. The fraction of sp³-hybridized carbons (Fsp3) is 0.600. The van der Waals surface area contributed by atoms with Crippen molar-refractivity contribution in [3.63, 3.8) is 0 Å². The van der Waals surface area contributed by atoms with Crippen molar-refractivity contribution in [1.29, 1.82) is 0 Å². The van der Waals surface area contributed by atoms with Gasteiger partial charge in [0.25, 0.3) is 0 Å². The van der Waals surface area contributed by atoms with Crippen LogP contribution < -0.4 is 0 Å². The molecule has 54 valence electrons. The van der Waals surface area contributed by atoms with Crippen molar-refractivity contribution >= 4 is 9.84 Å². The van der Waals surface area contributed by atoms with Gasteiger partial charge in [-0.15, -0.1) is 0 Å². The highest BCUT2D eigenvalue weighted by Gasteiger charge is 2.19. The maximum atomic E-state index is 11.9. The Morgan fingerprint density at radius 3 is 1.89 bits per heavy atom. The zero-order valence-corrected chi connectivity index (χ0v) is 6.20. The average molecular weight is 152 g/mol. The lowest BCUT2D eigenvalue weighted by molar-refractivity contribution is 0.570. The molecule has 0 radical (unpaired) electrons. The summed E-state index contributed by atoms with van der Waals surface area (Å²) in [7, 11) is -3.68. The minimum Gasteiger partial charge on any atom is -0.221 e. The van der Waals surface area contributed by atoms with E-state index in [1.54, 1.807) is 0 Å². The molecule has 0 atom stereocenters. The number of halogens is 1. The quantitative estimate of drug-likeness (QED) is 0.596. The van der Waals surface area contributed by atoms with Crippen molar-refractivity contribution in [3.05, 3.63) is 11.7 Å². The van der Waals surface area contributed by atoms with Gasteiger partial charge < -0.3 is 0 Å². The second-order valence-electron chi connectivity index (χ2n) is 1.95. The van der Waals surface area contributed by atoms with Crippen LogP contribution in [0.3, 0.4) is 0 Å². The number of hydrogen-bond acceptors (Lipinski definition) is 2. The van der Waals surface area contributed by atoms with E-state index in [0.717, 1.165) is 0 Å². The highest BCUT2D eigenvalue weighted by Crippen LogP contribution is 2.11. The summed E-state index contributed by atoms with van der Waals surface area (Å²) < 4.78 is 33.1. The molecule has 0 rings (SSSR count). The van der Waals surface area contributed by atoms with E-state index in [2.05, 4.69) is 6.58 Å². The molecular formula is C5H9FO2S. The van der Waals surface area contributed by atoms with E-state index in [0.29, 0.717) is 0 Å². The van der Waals surface area contributed by atoms with Gasteiger partial charge in [0.15, 0.2) is 0 Å². The van der Waals surface area contributed by atoms with Crippen LogP contribution in [0.25, 0.3) is 0 Å². The van der Waals surface area contributed by atoms with E-state index in [1.807, 2.05) is 0 Å². The summed E-state index contributed by atoms with van der Waals surface area (Å²) in [5, 5.41) is -1.97. The van der Waals surface area contributed by atoms with Gasteiger partial charge in [0, 0.05) is 0 Å². The fourth-order valence-corrected chi connectivity index (χ4v) is 0.767. The molecule has 0 fully saturated rings. The SMILES string of the molecule is C=C(F)S(=O)(=O)C(C)C. The average Bonchev–Trinajstić information content (AvgIpc) is 1.65. The summed E-state index contributed by atoms with van der Waals surface area (Å²) in [4.78, 5) is 0. The first-order valence-electron chi connectivity index (χ1n) is 2.47. The van der Waals surface area contributed by atoms with Crippen molar-refractivity contribution < 1.29 is 12.8 Å². The van der Waals surface area contributed by atoms with Crippen molar-refractivity contribution in [2.45, 2.75) is 19.1 Å². The van der Waals surface area contributed by atoms with E-state index < -0.39 is 20.2 Å². The van der Waals surface area contributed by atoms with Gasteiger partial charge in [-0.05, 0) is 13.8 Å². The summed E-state index contributed by atoms with van der Waals surface area (Å²) in [5.74, 6) is 0. The Balaban J connectivity index is 4.63. The number of sulfone groups is 1. The number of hydrogen-bond donors (Lipinski definition) is 0. The van der Waals surface area contributed by atoms with Crippen LogP contribution in [0.15, 0.2) is 11.7 Å². The van der Waals surface area contributed by atoms with Crippen LogP contribution in [0.2, 0.25) is 0 Å². The molecule has 0 N–H and O–H groups in total. The predicted octanol–water partition coefficient (Wildman–Crippen LogP) is 1.25. The van der Waals surface area contributed by atoms with E-state index >= 15 is 0 Å². The van der Waals surface area contributed by atoms with Crippen molar-refractivity contribution in [2.24, 2.45) is 0 Å². The van der Waals surface area contributed by atoms with Gasteiger partial charge >= 0.3 is 0 Å². The molecule has 0 bridgehead atoms. The fourth-order valence-electron chi connectivity index (χ4n) is 0.256. The van der Waals surface area contributed by atoms with Crippen LogP contribution in [-0.2, 0) is 9.84 Å². The van der Waals surface area contributed by atoms with E-state index in [4.69, 9.17) is 0 Å². The lowest BCUT2D eigenvalue weighted by Gasteiger charge is -2.01. The maximum Gasteiger partial charge on any atom is 0.207 e. The van der Waals surface area contributed by atoms with Gasteiger partial charge in [-0.25, -0.2) is 8.42 Å². The standard InChI is InChI=1S/C5H9FO2S/c1-4(2)9(7,8)5(3)6/h4H,3H2,1-2H3. The zero-order valence-electron chi connectivity index (χ0n) is 5.39. The lowest BCUT2D eigenvalue weighted by Crippen LogP contribution is -2.12. The molecule has 0 aromatic carbocycles. The third kappa shape index (κ3) is 1.78. The predicted molar refractivity (Wildman–Crippen MR) is 34.3 cm³/mol. The first kappa shape index (κ1) is 8.62. The monoisotopic (exact) mass is 152 g/mol. The van der Waals surface area contributed by atoms with Crippen LogP contribution >= 0.6 is 0 Å². The Morgan fingerprint density at radius 2 is 1.89 bits per heavy atom. The van der Waals surface area contributed by atoms with Crippen LogP contribution in [-0.4, -0.2) is 13.7 Å². The van der Waals surface area contributed by atoms with Crippen molar-refractivity contribution in [2.75, 3.05) is 0 Å². The summed E-state index contributed by atoms with van der Waals surface area (Å²) in [6.07, 6.45) is 0. The molecule has 0 saturated carbocycles. The normalized spacial score (nSPS) is 12.0. The van der Waals surface area contributed by atoms with Crippen LogP contribution in [0.5, 0.6) is 0 Å². The molecule has 0 unspecified atom stereocenters. The molecule has 0 aliphatic carbocycles. The Hall–Kier alpha value is -0.380. The molecule has 0 aromatic rings. The molecule has 0 spiro atoms. The summed E-state index contributed by atoms with van der Waals surface area (Å²) in [6.45, 7) is 5.50. The Morgan fingerprint density at radius 1 is 1.56 bits per heavy atom. The summed E-state index contributed by atoms with van der Waals surface area (Å²) >= 11 is 0. The second-order valence-corrected chi connectivity index (χ2v) is 4.42. The largest absolute Gasteiger partial charge is 0.221 e. The van der Waals surface area contributed by atoms with Crippen molar-refractivity contribution in [1.82, 2.24) is 0 Å². The first-order chi connectivity index (χ1) is 3.89. The Kier molecular flexibility index (Phi) is 2.37. The van der Waals surface area contributed by atoms with Gasteiger partial charge in [0.1, 0.15) is 0 Å². The van der Waals surface area contributed by atoms with Crippen molar-refractivity contribution in [3.8, 4) is 0 Å². The molecule has 0 aromatic heterocycles. The zero-order chi connectivity index (χ0) is 7.65. The molecule has 9 heavy (non-hydrogen) atoms. The van der Waals surface area contributed by atoms with E-state index in [-0.39, 0.29) is 0 Å². The van der Waals surface area contributed by atoms with Gasteiger partial charge in [0.05, 0.1) is 5.25 Å². The maximum absolute atomic E-state index is 11.9. The third-order valence-electron chi connectivity index (χ3n) is 0.929. The molecule has 0 amide bonds. The highest BCUT2D eigenvalue weighted by atomic mass is 32.2. The van der Waals surface area contributed by atoms with Gasteiger partial charge in [-0.1, -0.05) is 6.58 Å². The Bertz CT molecular complexity index is 203. The van der Waals surface area contributed by atoms with Gasteiger partial charge in [0.2, 0.25) is 15.0 Å². The molecule has 0 aliphatic heterocycles. The minimum atomic E-state index is -3.68. The number of rotatable bonds is 2. The third-order valence-corrected chi connectivity index (χ3v) is 2.79. The van der Waals surface area contributed by atoms with Gasteiger partial charge in [-0.2, -0.15) is 4.39 Å². The van der Waals surface area contributed by atoms with Gasteiger partial charge in [-0.3, -0.25) is 0 Å². The minimum absolute atomic E-state index is 0.713. The van der Waals surface area contributed by atoms with Crippen LogP contribution in [0, 0.1) is 0 Å². The molecule has 2 nitrogen and oxygen atoms in total. The van der Waals surface area contributed by atoms with E-state index in [1.165, 1.54) is 13.8 Å². The summed E-state index contributed by atoms with van der Waals surface area (Å²) in [5.41, 5.74) is 0. The topological polar surface area (TPSA) is 34.1 Å². The highest BCUT2D eigenvalue weighted by molar-refractivity contribution is 7.95. The first-order valence-corrected chi connectivity index (χ1v) is 4.02. The van der Waals surface area contributed by atoms with E-state index in [9.17, 15) is 12.8 Å². The van der Waals surface area contributed by atoms with Crippen LogP contribution in [0.1, 0.15) is 13.8 Å². The Labute approximate surface area is 54.3 Å². The molecule has 0 saturated heterocycles.